The van der Waals surface area contributed by atoms with Gasteiger partial charge < -0.3 is 23.9 Å². The second kappa shape index (κ2) is 10.2. The summed E-state index contributed by atoms with van der Waals surface area (Å²) in [5.74, 6) is 1.64. The number of hydrogen-bond donors (Lipinski definition) is 1. The van der Waals surface area contributed by atoms with Crippen LogP contribution in [0.5, 0.6) is 17.2 Å². The number of anilines is 1. The lowest BCUT2D eigenvalue weighted by molar-refractivity contribution is -0.111. The molecule has 0 saturated heterocycles. The second-order valence-electron chi connectivity index (χ2n) is 7.97. The fourth-order valence-electron chi connectivity index (χ4n) is 4.14. The minimum atomic E-state index is -0.291. The maximum atomic E-state index is 12.8. The number of ether oxygens (including phenoxy) is 3. The molecule has 1 heterocycles. The number of furan rings is 1. The third-order valence-corrected chi connectivity index (χ3v) is 6.13. The second-order valence-corrected chi connectivity index (χ2v) is 8.38. The average Bonchev–Trinajstić information content (AvgIpc) is 3.28. The molecule has 7 heteroatoms. The Bertz CT molecular complexity index is 1440. The van der Waals surface area contributed by atoms with Crippen molar-refractivity contribution in [3.8, 4) is 28.4 Å². The SMILES string of the molecule is COc1ccc(NC(=O)/C=C(\C)c2cc3c(-c4ccccc4OC)coc3c(C)c2OC)cc1Cl. The number of allylic oxidation sites excluding steroid dienone is 1. The predicted molar refractivity (Wildman–Crippen MR) is 140 cm³/mol. The average molecular weight is 492 g/mol. The number of nitrogens with one attached hydrogen (secondary N) is 1. The van der Waals surface area contributed by atoms with Crippen molar-refractivity contribution in [3.05, 3.63) is 77.0 Å². The van der Waals surface area contributed by atoms with Crippen molar-refractivity contribution < 1.29 is 23.4 Å². The van der Waals surface area contributed by atoms with Crippen LogP contribution < -0.4 is 19.5 Å². The third kappa shape index (κ3) is 4.70. The molecule has 180 valence electrons. The maximum absolute atomic E-state index is 12.8. The van der Waals surface area contributed by atoms with Crippen LogP contribution in [-0.4, -0.2) is 27.2 Å². The van der Waals surface area contributed by atoms with Gasteiger partial charge in [-0.2, -0.15) is 0 Å². The van der Waals surface area contributed by atoms with E-state index in [-0.39, 0.29) is 5.91 Å². The number of benzene rings is 3. The van der Waals surface area contributed by atoms with E-state index in [0.717, 1.165) is 44.5 Å². The van der Waals surface area contributed by atoms with Crippen molar-refractivity contribution in [2.75, 3.05) is 26.6 Å². The van der Waals surface area contributed by atoms with Gasteiger partial charge >= 0.3 is 0 Å². The molecule has 0 spiro atoms. The molecule has 4 rings (SSSR count). The summed E-state index contributed by atoms with van der Waals surface area (Å²) in [4.78, 5) is 12.8. The van der Waals surface area contributed by atoms with Crippen LogP contribution in [0.4, 0.5) is 5.69 Å². The van der Waals surface area contributed by atoms with E-state index in [0.29, 0.717) is 22.2 Å². The Kier molecular flexibility index (Phi) is 7.03. The molecule has 0 aliphatic heterocycles. The van der Waals surface area contributed by atoms with E-state index in [2.05, 4.69) is 5.32 Å². The normalized spacial score (nSPS) is 11.4. The molecule has 4 aromatic rings. The van der Waals surface area contributed by atoms with Gasteiger partial charge in [0.1, 0.15) is 22.8 Å². The van der Waals surface area contributed by atoms with E-state index in [4.69, 9.17) is 30.2 Å². The van der Waals surface area contributed by atoms with Crippen molar-refractivity contribution in [3.63, 3.8) is 0 Å². The number of rotatable bonds is 7. The molecule has 0 fully saturated rings. The molecule has 0 saturated carbocycles. The number of aryl methyl sites for hydroxylation is 1. The summed E-state index contributed by atoms with van der Waals surface area (Å²) in [6.07, 6.45) is 3.25. The van der Waals surface area contributed by atoms with Gasteiger partial charge in [0.25, 0.3) is 0 Å². The molecule has 3 aromatic carbocycles. The van der Waals surface area contributed by atoms with Crippen LogP contribution in [0.1, 0.15) is 18.1 Å². The topological polar surface area (TPSA) is 69.9 Å². The number of methoxy groups -OCH3 is 3. The first kappa shape index (κ1) is 24.2. The van der Waals surface area contributed by atoms with Gasteiger partial charge in [0.15, 0.2) is 0 Å². The zero-order valence-corrected chi connectivity index (χ0v) is 20.9. The Morgan fingerprint density at radius 1 is 0.971 bits per heavy atom. The summed E-state index contributed by atoms with van der Waals surface area (Å²) in [5, 5.41) is 4.16. The van der Waals surface area contributed by atoms with Crippen LogP contribution in [-0.2, 0) is 4.79 Å². The van der Waals surface area contributed by atoms with Gasteiger partial charge in [-0.15, -0.1) is 0 Å². The fraction of sp³-hybridized carbons (Fsp3) is 0.179. The summed E-state index contributed by atoms with van der Waals surface area (Å²) < 4.78 is 22.4. The van der Waals surface area contributed by atoms with E-state index in [1.165, 1.54) is 13.2 Å². The molecule has 1 amide bonds. The summed E-state index contributed by atoms with van der Waals surface area (Å²) >= 11 is 6.18. The highest BCUT2D eigenvalue weighted by molar-refractivity contribution is 6.32. The highest BCUT2D eigenvalue weighted by atomic mass is 35.5. The number of para-hydroxylation sites is 1. The van der Waals surface area contributed by atoms with Crippen LogP contribution in [0.2, 0.25) is 5.02 Å². The van der Waals surface area contributed by atoms with Crippen LogP contribution in [0, 0.1) is 6.92 Å². The number of carbonyl (C=O) groups is 1. The first-order valence-electron chi connectivity index (χ1n) is 10.9. The highest BCUT2D eigenvalue weighted by Gasteiger charge is 2.20. The quantitative estimate of drug-likeness (QED) is 0.278. The number of fused-ring (bicyclic) bond motifs is 1. The predicted octanol–water partition coefficient (Wildman–Crippen LogP) is 7.13. The standard InChI is InChI=1S/C28H26ClNO5/c1-16(12-26(31)30-18-10-11-25(33-4)23(29)13-18)20-14-21-22(19-8-6-7-9-24(19)32-3)15-35-28(21)17(2)27(20)34-5/h6-15H,1-5H3,(H,30,31)/b16-12+. The monoisotopic (exact) mass is 491 g/mol. The number of amides is 1. The van der Waals surface area contributed by atoms with Gasteiger partial charge in [0.05, 0.1) is 32.6 Å². The summed E-state index contributed by atoms with van der Waals surface area (Å²) in [7, 11) is 4.79. The molecule has 0 atom stereocenters. The van der Waals surface area contributed by atoms with Crippen molar-refractivity contribution in [1.29, 1.82) is 0 Å². The van der Waals surface area contributed by atoms with Gasteiger partial charge in [-0.1, -0.05) is 29.8 Å². The Balaban J connectivity index is 1.75. The molecule has 0 radical (unpaired) electrons. The molecule has 1 aromatic heterocycles. The minimum Gasteiger partial charge on any atom is -0.496 e. The van der Waals surface area contributed by atoms with Gasteiger partial charge in [0.2, 0.25) is 5.91 Å². The van der Waals surface area contributed by atoms with Crippen LogP contribution in [0.3, 0.4) is 0 Å². The molecule has 0 aliphatic rings. The fourth-order valence-corrected chi connectivity index (χ4v) is 4.40. The van der Waals surface area contributed by atoms with Gasteiger partial charge in [-0.05, 0) is 49.8 Å². The molecule has 6 nitrogen and oxygen atoms in total. The first-order valence-corrected chi connectivity index (χ1v) is 11.3. The van der Waals surface area contributed by atoms with Crippen LogP contribution in [0.25, 0.3) is 27.7 Å². The number of halogens is 1. The lowest BCUT2D eigenvalue weighted by atomic mass is 9.96. The molecule has 0 unspecified atom stereocenters. The molecule has 1 N–H and O–H groups in total. The maximum Gasteiger partial charge on any atom is 0.248 e. The first-order chi connectivity index (χ1) is 16.9. The lowest BCUT2D eigenvalue weighted by Crippen LogP contribution is -2.09. The lowest BCUT2D eigenvalue weighted by Gasteiger charge is -2.14. The largest absolute Gasteiger partial charge is 0.496 e. The van der Waals surface area contributed by atoms with Crippen LogP contribution >= 0.6 is 11.6 Å². The van der Waals surface area contributed by atoms with Crippen molar-refractivity contribution >= 4 is 39.7 Å². The van der Waals surface area contributed by atoms with Gasteiger partial charge in [-0.25, -0.2) is 0 Å². The Morgan fingerprint density at radius 3 is 2.40 bits per heavy atom. The molecular formula is C28H26ClNO5. The van der Waals surface area contributed by atoms with Gasteiger partial charge in [0, 0.05) is 39.4 Å². The summed E-state index contributed by atoms with van der Waals surface area (Å²) in [6.45, 7) is 3.81. The van der Waals surface area contributed by atoms with Crippen molar-refractivity contribution in [1.82, 2.24) is 0 Å². The summed E-state index contributed by atoms with van der Waals surface area (Å²) in [6, 6.07) is 14.8. The van der Waals surface area contributed by atoms with Crippen molar-refractivity contribution in [2.24, 2.45) is 0 Å². The van der Waals surface area contributed by atoms with E-state index in [9.17, 15) is 4.79 Å². The smallest absolute Gasteiger partial charge is 0.248 e. The van der Waals surface area contributed by atoms with Gasteiger partial charge in [-0.3, -0.25) is 4.79 Å². The van der Waals surface area contributed by atoms with Crippen molar-refractivity contribution in [2.45, 2.75) is 13.8 Å². The number of carbonyl (C=O) groups excluding carboxylic acids is 1. The van der Waals surface area contributed by atoms with E-state index >= 15 is 0 Å². The third-order valence-electron chi connectivity index (χ3n) is 5.84. The Labute approximate surface area is 209 Å². The molecule has 0 aliphatic carbocycles. The van der Waals surface area contributed by atoms with Crippen LogP contribution in [0.15, 0.2) is 65.3 Å². The molecular weight excluding hydrogens is 466 g/mol. The zero-order valence-electron chi connectivity index (χ0n) is 20.2. The van der Waals surface area contributed by atoms with E-state index in [1.54, 1.807) is 38.7 Å². The van der Waals surface area contributed by atoms with E-state index < -0.39 is 0 Å². The summed E-state index contributed by atoms with van der Waals surface area (Å²) in [5.41, 5.74) is 5.47. The number of hydrogen-bond acceptors (Lipinski definition) is 5. The Morgan fingerprint density at radius 2 is 1.71 bits per heavy atom. The molecule has 35 heavy (non-hydrogen) atoms. The molecule has 0 bridgehead atoms. The van der Waals surface area contributed by atoms with E-state index in [1.807, 2.05) is 44.2 Å². The zero-order chi connectivity index (χ0) is 25.1. The minimum absolute atomic E-state index is 0.291. The Hall–Kier alpha value is -3.90. The highest BCUT2D eigenvalue weighted by Crippen LogP contribution is 2.42.